The summed E-state index contributed by atoms with van der Waals surface area (Å²) >= 11 is 0. The Kier molecular flexibility index (Phi) is 3.79. The molecule has 1 aliphatic rings. The lowest BCUT2D eigenvalue weighted by atomic mass is 9.77. The van der Waals surface area contributed by atoms with E-state index in [1.165, 1.54) is 0 Å². The second kappa shape index (κ2) is 5.14. The lowest BCUT2D eigenvalue weighted by Crippen LogP contribution is -2.44. The number of aromatic nitrogens is 2. The molecule has 1 aliphatic carbocycles. The van der Waals surface area contributed by atoms with Crippen LogP contribution in [0.25, 0.3) is 0 Å². The van der Waals surface area contributed by atoms with Gasteiger partial charge in [-0.1, -0.05) is 19.0 Å². The van der Waals surface area contributed by atoms with Gasteiger partial charge >= 0.3 is 0 Å². The highest BCUT2D eigenvalue weighted by molar-refractivity contribution is 5.08. The molecule has 96 valence electrons. The molecule has 0 radical (unpaired) electrons. The molecule has 5 nitrogen and oxygen atoms in total. The van der Waals surface area contributed by atoms with Crippen LogP contribution in [0.2, 0.25) is 0 Å². The van der Waals surface area contributed by atoms with Gasteiger partial charge in [-0.25, -0.2) is 0 Å². The van der Waals surface area contributed by atoms with E-state index in [9.17, 15) is 0 Å². The van der Waals surface area contributed by atoms with Gasteiger partial charge in [-0.15, -0.1) is 0 Å². The van der Waals surface area contributed by atoms with Crippen molar-refractivity contribution in [3.8, 4) is 0 Å². The molecule has 0 bridgehead atoms. The second-order valence-electron chi connectivity index (χ2n) is 5.24. The summed E-state index contributed by atoms with van der Waals surface area (Å²) < 4.78 is 10.6. The van der Waals surface area contributed by atoms with Crippen molar-refractivity contribution in [3.05, 3.63) is 11.7 Å². The number of nitrogens with zero attached hydrogens (tertiary/aromatic N) is 2. The Bertz CT molecular complexity index is 358. The number of hydrogen-bond donors (Lipinski definition) is 1. The van der Waals surface area contributed by atoms with E-state index in [-0.39, 0.29) is 5.54 Å². The first kappa shape index (κ1) is 12.5. The second-order valence-corrected chi connectivity index (χ2v) is 5.24. The van der Waals surface area contributed by atoms with Crippen LogP contribution in [0.5, 0.6) is 0 Å². The van der Waals surface area contributed by atoms with Crippen LogP contribution in [0.15, 0.2) is 4.52 Å². The fourth-order valence-electron chi connectivity index (χ4n) is 1.82. The summed E-state index contributed by atoms with van der Waals surface area (Å²) in [4.78, 5) is 4.34. The average molecular weight is 239 g/mol. The largest absolute Gasteiger partial charge is 0.381 e. The van der Waals surface area contributed by atoms with Crippen molar-refractivity contribution in [2.24, 2.45) is 11.7 Å². The quantitative estimate of drug-likeness (QED) is 0.763. The van der Waals surface area contributed by atoms with Gasteiger partial charge in [0, 0.05) is 6.61 Å². The topological polar surface area (TPSA) is 74.2 Å². The van der Waals surface area contributed by atoms with E-state index in [2.05, 4.69) is 24.0 Å². The van der Waals surface area contributed by atoms with Crippen LogP contribution in [0, 0.1) is 5.92 Å². The molecular weight excluding hydrogens is 218 g/mol. The van der Waals surface area contributed by atoms with Gasteiger partial charge < -0.3 is 15.0 Å². The fourth-order valence-corrected chi connectivity index (χ4v) is 1.82. The Morgan fingerprint density at radius 3 is 2.82 bits per heavy atom. The number of hydrogen-bond acceptors (Lipinski definition) is 5. The van der Waals surface area contributed by atoms with Crippen LogP contribution in [0.4, 0.5) is 0 Å². The van der Waals surface area contributed by atoms with E-state index in [0.717, 1.165) is 25.9 Å². The Morgan fingerprint density at radius 2 is 2.24 bits per heavy atom. The predicted molar refractivity (Wildman–Crippen MR) is 63.4 cm³/mol. The highest BCUT2D eigenvalue weighted by atomic mass is 16.5. The fraction of sp³-hybridized carbons (Fsp3) is 0.833. The monoisotopic (exact) mass is 239 g/mol. The van der Waals surface area contributed by atoms with Crippen LogP contribution >= 0.6 is 0 Å². The molecule has 1 saturated carbocycles. The van der Waals surface area contributed by atoms with Gasteiger partial charge in [0.1, 0.15) is 0 Å². The molecule has 0 aromatic carbocycles. The zero-order chi connectivity index (χ0) is 12.3. The highest BCUT2D eigenvalue weighted by Gasteiger charge is 2.38. The van der Waals surface area contributed by atoms with Gasteiger partial charge in [-0.05, 0) is 25.2 Å². The van der Waals surface area contributed by atoms with Crippen molar-refractivity contribution < 1.29 is 9.26 Å². The van der Waals surface area contributed by atoms with Gasteiger partial charge in [0.25, 0.3) is 0 Å². The number of ether oxygens (including phenoxy) is 1. The molecule has 17 heavy (non-hydrogen) atoms. The third-order valence-corrected chi connectivity index (χ3v) is 3.07. The summed E-state index contributed by atoms with van der Waals surface area (Å²) in [6.07, 6.45) is 3.72. The first-order chi connectivity index (χ1) is 8.10. The van der Waals surface area contributed by atoms with Crippen molar-refractivity contribution >= 4 is 0 Å². The molecule has 1 aromatic heterocycles. The van der Waals surface area contributed by atoms with Crippen LogP contribution in [0.3, 0.4) is 0 Å². The average Bonchev–Trinajstić information content (AvgIpc) is 2.70. The number of rotatable bonds is 6. The molecule has 2 rings (SSSR count). The zero-order valence-electron chi connectivity index (χ0n) is 10.6. The van der Waals surface area contributed by atoms with Crippen molar-refractivity contribution in [2.75, 3.05) is 13.2 Å². The highest BCUT2D eigenvalue weighted by Crippen LogP contribution is 2.36. The van der Waals surface area contributed by atoms with Gasteiger partial charge in [-0.3, -0.25) is 0 Å². The summed E-state index contributed by atoms with van der Waals surface area (Å²) in [5, 5.41) is 3.96. The molecule has 0 aliphatic heterocycles. The smallest absolute Gasteiger partial charge is 0.229 e. The summed E-state index contributed by atoms with van der Waals surface area (Å²) in [6, 6.07) is 0. The third-order valence-electron chi connectivity index (χ3n) is 3.07. The van der Waals surface area contributed by atoms with Crippen LogP contribution in [-0.2, 0) is 16.7 Å². The Labute approximate surface area is 102 Å². The third kappa shape index (κ3) is 3.04. The van der Waals surface area contributed by atoms with Crippen LogP contribution in [0.1, 0.15) is 44.8 Å². The van der Waals surface area contributed by atoms with E-state index in [0.29, 0.717) is 30.7 Å². The standard InChI is InChI=1S/C12H21N3O2/c1-9(2)8-16-7-4-10-14-11(15-17-10)12(13)5-3-6-12/h9H,3-8,13H2,1-2H3. The van der Waals surface area contributed by atoms with Gasteiger partial charge in [0.2, 0.25) is 5.89 Å². The SMILES string of the molecule is CC(C)COCCc1nc(C2(N)CCC2)no1. The maximum absolute atomic E-state index is 6.12. The first-order valence-electron chi connectivity index (χ1n) is 6.30. The van der Waals surface area contributed by atoms with Crippen molar-refractivity contribution in [1.29, 1.82) is 0 Å². The Hall–Kier alpha value is -0.940. The maximum atomic E-state index is 6.12. The van der Waals surface area contributed by atoms with Crippen molar-refractivity contribution in [2.45, 2.75) is 45.1 Å². The van der Waals surface area contributed by atoms with E-state index in [4.69, 9.17) is 15.0 Å². The predicted octanol–water partition coefficient (Wildman–Crippen LogP) is 1.62. The zero-order valence-corrected chi connectivity index (χ0v) is 10.6. The van der Waals surface area contributed by atoms with Crippen LogP contribution in [-0.4, -0.2) is 23.4 Å². The summed E-state index contributed by atoms with van der Waals surface area (Å²) in [7, 11) is 0. The molecule has 0 saturated heterocycles. The minimum Gasteiger partial charge on any atom is -0.381 e. The molecule has 0 atom stereocenters. The lowest BCUT2D eigenvalue weighted by molar-refractivity contribution is 0.108. The minimum absolute atomic E-state index is 0.333. The van der Waals surface area contributed by atoms with Gasteiger partial charge in [-0.2, -0.15) is 4.98 Å². The molecule has 1 fully saturated rings. The molecule has 2 N–H and O–H groups in total. The summed E-state index contributed by atoms with van der Waals surface area (Å²) in [5.74, 6) is 1.83. The molecule has 0 spiro atoms. The molecular formula is C12H21N3O2. The normalized spacial score (nSPS) is 18.4. The van der Waals surface area contributed by atoms with E-state index in [1.54, 1.807) is 0 Å². The molecule has 0 amide bonds. The van der Waals surface area contributed by atoms with E-state index in [1.807, 2.05) is 0 Å². The molecule has 1 aromatic rings. The Morgan fingerprint density at radius 1 is 1.47 bits per heavy atom. The maximum Gasteiger partial charge on any atom is 0.229 e. The van der Waals surface area contributed by atoms with Crippen LogP contribution < -0.4 is 5.73 Å². The first-order valence-corrected chi connectivity index (χ1v) is 6.30. The molecule has 0 unspecified atom stereocenters. The Balaban J connectivity index is 1.78. The minimum atomic E-state index is -0.333. The van der Waals surface area contributed by atoms with Crippen molar-refractivity contribution in [3.63, 3.8) is 0 Å². The number of nitrogens with two attached hydrogens (primary N) is 1. The molecule has 5 heteroatoms. The van der Waals surface area contributed by atoms with Gasteiger partial charge in [0.15, 0.2) is 5.82 Å². The summed E-state index contributed by atoms with van der Waals surface area (Å²) in [5.41, 5.74) is 5.78. The van der Waals surface area contributed by atoms with Crippen molar-refractivity contribution in [1.82, 2.24) is 10.1 Å². The summed E-state index contributed by atoms with van der Waals surface area (Å²) in [6.45, 7) is 5.64. The van der Waals surface area contributed by atoms with Gasteiger partial charge in [0.05, 0.1) is 18.6 Å². The van der Waals surface area contributed by atoms with E-state index < -0.39 is 0 Å². The lowest BCUT2D eigenvalue weighted by Gasteiger charge is -2.34. The molecule has 1 heterocycles. The van der Waals surface area contributed by atoms with E-state index >= 15 is 0 Å².